The summed E-state index contributed by atoms with van der Waals surface area (Å²) < 4.78 is 11.3. The van der Waals surface area contributed by atoms with E-state index in [0.717, 1.165) is 10.0 Å². The third kappa shape index (κ3) is 3.14. The minimum absolute atomic E-state index is 0.382. The monoisotopic (exact) mass is 369 g/mol. The normalized spacial score (nSPS) is 10.3. The Kier molecular flexibility index (Phi) is 4.75. The van der Waals surface area contributed by atoms with Crippen LogP contribution < -0.4 is 15.2 Å². The summed E-state index contributed by atoms with van der Waals surface area (Å²) in [5.74, 6) is 0.602. The fraction of sp³-hybridized carbons (Fsp3) is 0.133. The molecule has 0 atom stereocenters. The number of benzene rings is 2. The summed E-state index contributed by atoms with van der Waals surface area (Å²) in [6.07, 6.45) is 0. The molecule has 0 aliphatic carbocycles. The predicted molar refractivity (Wildman–Crippen MR) is 86.2 cm³/mol. The number of amides is 1. The van der Waals surface area contributed by atoms with Gasteiger partial charge in [0.25, 0.3) is 0 Å². The van der Waals surface area contributed by atoms with Crippen molar-refractivity contribution in [3.8, 4) is 22.6 Å². The molecule has 0 saturated carbocycles. The molecule has 21 heavy (non-hydrogen) atoms. The summed E-state index contributed by atoms with van der Waals surface area (Å²) in [5, 5.41) is 0.511. The Balaban J connectivity index is 2.72. The van der Waals surface area contributed by atoms with Crippen molar-refractivity contribution in [3.05, 3.63) is 45.4 Å². The lowest BCUT2D eigenvalue weighted by Crippen LogP contribution is -2.12. The Labute approximate surface area is 135 Å². The molecule has 2 aromatic rings. The van der Waals surface area contributed by atoms with Crippen molar-refractivity contribution in [2.75, 3.05) is 14.2 Å². The van der Waals surface area contributed by atoms with Gasteiger partial charge in [-0.15, -0.1) is 0 Å². The topological polar surface area (TPSA) is 61.5 Å². The first-order valence-corrected chi connectivity index (χ1v) is 7.16. The van der Waals surface area contributed by atoms with Gasteiger partial charge in [-0.1, -0.05) is 27.5 Å². The number of ether oxygens (including phenoxy) is 2. The van der Waals surface area contributed by atoms with Crippen LogP contribution in [0.15, 0.2) is 34.8 Å². The van der Waals surface area contributed by atoms with Crippen LogP contribution >= 0.6 is 27.5 Å². The maximum Gasteiger partial charge on any atom is 0.249 e. The number of rotatable bonds is 4. The first-order chi connectivity index (χ1) is 9.97. The Morgan fingerprint density at radius 1 is 1.10 bits per heavy atom. The van der Waals surface area contributed by atoms with Gasteiger partial charge >= 0.3 is 0 Å². The molecule has 110 valence electrons. The molecule has 2 aromatic carbocycles. The minimum Gasteiger partial charge on any atom is -0.493 e. The van der Waals surface area contributed by atoms with Crippen molar-refractivity contribution in [1.29, 1.82) is 0 Å². The summed E-state index contributed by atoms with van der Waals surface area (Å²) in [6, 6.07) is 8.44. The summed E-state index contributed by atoms with van der Waals surface area (Å²) in [7, 11) is 3.10. The largest absolute Gasteiger partial charge is 0.493 e. The molecule has 2 rings (SSSR count). The molecular weight excluding hydrogens is 358 g/mol. The number of nitrogens with two attached hydrogens (primary N) is 1. The van der Waals surface area contributed by atoms with Crippen LogP contribution in [0.2, 0.25) is 5.02 Å². The lowest BCUT2D eigenvalue weighted by atomic mass is 9.99. The highest BCUT2D eigenvalue weighted by molar-refractivity contribution is 9.10. The van der Waals surface area contributed by atoms with Gasteiger partial charge in [0.1, 0.15) is 0 Å². The molecule has 0 saturated heterocycles. The van der Waals surface area contributed by atoms with Crippen LogP contribution in [0.25, 0.3) is 11.1 Å². The van der Waals surface area contributed by atoms with E-state index >= 15 is 0 Å². The second-order valence-electron chi connectivity index (χ2n) is 4.24. The maximum absolute atomic E-state index is 11.6. The predicted octanol–water partition coefficient (Wildman–Crippen LogP) is 3.89. The molecule has 0 fully saturated rings. The van der Waals surface area contributed by atoms with E-state index < -0.39 is 5.91 Å². The highest BCUT2D eigenvalue weighted by atomic mass is 79.9. The van der Waals surface area contributed by atoms with Gasteiger partial charge in [-0.05, 0) is 35.9 Å². The zero-order chi connectivity index (χ0) is 15.6. The van der Waals surface area contributed by atoms with Crippen molar-refractivity contribution < 1.29 is 14.3 Å². The zero-order valence-corrected chi connectivity index (χ0v) is 13.8. The van der Waals surface area contributed by atoms with Crippen molar-refractivity contribution in [2.45, 2.75) is 0 Å². The number of methoxy groups -OCH3 is 2. The molecule has 1 amide bonds. The van der Waals surface area contributed by atoms with E-state index in [9.17, 15) is 4.79 Å². The van der Waals surface area contributed by atoms with E-state index in [4.69, 9.17) is 26.8 Å². The SMILES string of the molecule is COc1cc(Br)c(-c2cc(Cl)ccc2C(N)=O)cc1OC. The van der Waals surface area contributed by atoms with Crippen LogP contribution in [0.1, 0.15) is 10.4 Å². The van der Waals surface area contributed by atoms with Gasteiger partial charge < -0.3 is 15.2 Å². The van der Waals surface area contributed by atoms with E-state index in [2.05, 4.69) is 15.9 Å². The Hall–Kier alpha value is -1.72. The third-order valence-electron chi connectivity index (χ3n) is 3.01. The van der Waals surface area contributed by atoms with Gasteiger partial charge in [0.2, 0.25) is 5.91 Å². The van der Waals surface area contributed by atoms with Crippen LogP contribution in [0.5, 0.6) is 11.5 Å². The number of carbonyl (C=O) groups is 1. The summed E-state index contributed by atoms with van der Waals surface area (Å²) in [6.45, 7) is 0. The smallest absolute Gasteiger partial charge is 0.249 e. The first-order valence-electron chi connectivity index (χ1n) is 5.99. The fourth-order valence-corrected chi connectivity index (χ4v) is 2.72. The average Bonchev–Trinajstić information content (AvgIpc) is 2.46. The van der Waals surface area contributed by atoms with Crippen molar-refractivity contribution in [3.63, 3.8) is 0 Å². The molecule has 0 spiro atoms. The number of halogens is 2. The van der Waals surface area contributed by atoms with Gasteiger partial charge in [0.15, 0.2) is 11.5 Å². The molecule has 4 nitrogen and oxygen atoms in total. The molecule has 2 N–H and O–H groups in total. The molecular formula is C15H13BrClNO3. The Morgan fingerprint density at radius 3 is 2.29 bits per heavy atom. The molecule has 0 bridgehead atoms. The van der Waals surface area contributed by atoms with Gasteiger partial charge in [-0.2, -0.15) is 0 Å². The molecule has 0 aliphatic heterocycles. The summed E-state index contributed by atoms with van der Waals surface area (Å²) in [5.41, 5.74) is 7.17. The molecule has 6 heteroatoms. The quantitative estimate of drug-likeness (QED) is 0.888. The maximum atomic E-state index is 11.6. The Bertz CT molecular complexity index is 704. The number of hydrogen-bond donors (Lipinski definition) is 1. The van der Waals surface area contributed by atoms with E-state index in [1.807, 2.05) is 0 Å². The highest BCUT2D eigenvalue weighted by Gasteiger charge is 2.16. The average molecular weight is 371 g/mol. The molecule has 0 unspecified atom stereocenters. The second kappa shape index (κ2) is 6.37. The van der Waals surface area contributed by atoms with Crippen molar-refractivity contribution in [2.24, 2.45) is 5.73 Å². The van der Waals surface area contributed by atoms with E-state index in [1.54, 1.807) is 44.6 Å². The van der Waals surface area contributed by atoms with E-state index in [-0.39, 0.29) is 0 Å². The van der Waals surface area contributed by atoms with Crippen LogP contribution in [-0.2, 0) is 0 Å². The molecule has 0 radical (unpaired) electrons. The van der Waals surface area contributed by atoms with Crippen LogP contribution in [0.3, 0.4) is 0 Å². The third-order valence-corrected chi connectivity index (χ3v) is 3.90. The first kappa shape index (κ1) is 15.7. The molecule has 0 aromatic heterocycles. The van der Waals surface area contributed by atoms with Gasteiger partial charge in [0.05, 0.1) is 14.2 Å². The number of carbonyl (C=O) groups excluding carboxylic acids is 1. The van der Waals surface area contributed by atoms with Crippen LogP contribution in [-0.4, -0.2) is 20.1 Å². The van der Waals surface area contributed by atoms with Gasteiger partial charge in [-0.25, -0.2) is 0 Å². The molecule has 0 aliphatic rings. The van der Waals surface area contributed by atoms with E-state index in [0.29, 0.717) is 27.6 Å². The lowest BCUT2D eigenvalue weighted by Gasteiger charge is -2.14. The summed E-state index contributed by atoms with van der Waals surface area (Å²) >= 11 is 9.50. The standard InChI is InChI=1S/C15H13BrClNO3/c1-20-13-6-11(12(16)7-14(13)21-2)10-5-8(17)3-4-9(10)15(18)19/h3-7H,1-2H3,(H2,18,19). The number of primary amides is 1. The highest BCUT2D eigenvalue weighted by Crippen LogP contribution is 2.40. The minimum atomic E-state index is -0.525. The van der Waals surface area contributed by atoms with Crippen molar-refractivity contribution in [1.82, 2.24) is 0 Å². The van der Waals surface area contributed by atoms with Gasteiger partial charge in [-0.3, -0.25) is 4.79 Å². The van der Waals surface area contributed by atoms with E-state index in [1.165, 1.54) is 0 Å². The van der Waals surface area contributed by atoms with Crippen LogP contribution in [0, 0.1) is 0 Å². The van der Waals surface area contributed by atoms with Crippen LogP contribution in [0.4, 0.5) is 0 Å². The van der Waals surface area contributed by atoms with Crippen molar-refractivity contribution >= 4 is 33.4 Å². The Morgan fingerprint density at radius 2 is 1.71 bits per heavy atom. The lowest BCUT2D eigenvalue weighted by molar-refractivity contribution is 0.100. The molecule has 0 heterocycles. The fourth-order valence-electron chi connectivity index (χ4n) is 2.01. The zero-order valence-electron chi connectivity index (χ0n) is 11.4. The van der Waals surface area contributed by atoms with Gasteiger partial charge in [0, 0.05) is 20.6 Å². The summed E-state index contributed by atoms with van der Waals surface area (Å²) in [4.78, 5) is 11.6. The number of hydrogen-bond acceptors (Lipinski definition) is 3. The second-order valence-corrected chi connectivity index (χ2v) is 5.53.